The number of hydrogen-bond acceptors (Lipinski definition) is 1. The highest BCUT2D eigenvalue weighted by Crippen LogP contribution is 2.05. The smallest absolute Gasteiger partial charge is 0.346 e. The van der Waals surface area contributed by atoms with Gasteiger partial charge in [0.2, 0.25) is 6.33 Å². The van der Waals surface area contributed by atoms with Crippen LogP contribution in [0, 0.1) is 0 Å². The fraction of sp³-hybridized carbons (Fsp3) is 0.692. The summed E-state index contributed by atoms with van der Waals surface area (Å²) in [6.07, 6.45) is 13.3. The Morgan fingerprint density at radius 2 is 1.89 bits per heavy atom. The van der Waals surface area contributed by atoms with Gasteiger partial charge >= 0.3 is 5.97 Å². The molecule has 0 unspecified atom stereocenters. The van der Waals surface area contributed by atoms with Gasteiger partial charge in [-0.1, -0.05) is 32.6 Å². The van der Waals surface area contributed by atoms with Gasteiger partial charge in [0.25, 0.3) is 0 Å². The fourth-order valence-corrected chi connectivity index (χ4v) is 1.90. The molecule has 0 aliphatic rings. The Bertz CT molecular complexity index is 339. The average molecular weight is 275 g/mol. The van der Waals surface area contributed by atoms with E-state index in [9.17, 15) is 4.79 Å². The van der Waals surface area contributed by atoms with Crippen LogP contribution in [0.15, 0.2) is 18.7 Å². The molecule has 0 aliphatic heterocycles. The topological polar surface area (TPSA) is 46.1 Å². The van der Waals surface area contributed by atoms with E-state index < -0.39 is 5.97 Å². The number of aliphatic carboxylic acids is 1. The molecule has 0 aliphatic carbocycles. The molecule has 0 saturated carbocycles. The Morgan fingerprint density at radius 1 is 1.22 bits per heavy atom. The van der Waals surface area contributed by atoms with Gasteiger partial charge in [0.15, 0.2) is 6.54 Å². The van der Waals surface area contributed by atoms with E-state index in [4.69, 9.17) is 5.11 Å². The third-order valence-corrected chi connectivity index (χ3v) is 2.83. The highest BCUT2D eigenvalue weighted by Gasteiger charge is 2.06. The zero-order valence-corrected chi connectivity index (χ0v) is 11.8. The van der Waals surface area contributed by atoms with Crippen molar-refractivity contribution in [3.63, 3.8) is 0 Å². The number of rotatable bonds is 9. The molecule has 1 N–H and O–H groups in total. The van der Waals surface area contributed by atoms with Crippen molar-refractivity contribution in [1.29, 1.82) is 0 Å². The lowest BCUT2D eigenvalue weighted by Gasteiger charge is -1.98. The standard InChI is InChI=1S/C13H22N2O2.ClH/c1-2-3-4-5-6-7-8-14-9-10-15(12-14)11-13(16)17;/h9-10,12H,2-8,11H2,1H3;1H. The third-order valence-electron chi connectivity index (χ3n) is 2.83. The van der Waals surface area contributed by atoms with Crippen molar-refractivity contribution < 1.29 is 26.9 Å². The zero-order chi connectivity index (χ0) is 12.5. The highest BCUT2D eigenvalue weighted by atomic mass is 35.5. The summed E-state index contributed by atoms with van der Waals surface area (Å²) in [7, 11) is 0. The molecule has 0 radical (unpaired) electrons. The predicted octanol–water partition coefficient (Wildman–Crippen LogP) is -0.775. The van der Waals surface area contributed by atoms with Gasteiger partial charge in [0, 0.05) is 0 Å². The molecule has 0 amide bonds. The number of hydrogen-bond donors (Lipinski definition) is 1. The number of aryl methyl sites for hydroxylation is 1. The molecule has 1 aromatic rings. The maximum absolute atomic E-state index is 10.5. The van der Waals surface area contributed by atoms with Crippen molar-refractivity contribution in [2.45, 2.75) is 58.5 Å². The summed E-state index contributed by atoms with van der Waals surface area (Å²) in [6, 6.07) is 0. The van der Waals surface area contributed by atoms with Gasteiger partial charge in [-0.05, 0) is 12.8 Å². The summed E-state index contributed by atoms with van der Waals surface area (Å²) >= 11 is 0. The maximum Gasteiger partial charge on any atom is 0.346 e. The van der Waals surface area contributed by atoms with Gasteiger partial charge in [0.1, 0.15) is 12.4 Å². The normalized spacial score (nSPS) is 10.1. The van der Waals surface area contributed by atoms with Crippen molar-refractivity contribution in [3.8, 4) is 0 Å². The van der Waals surface area contributed by atoms with E-state index in [2.05, 4.69) is 11.5 Å². The molecule has 5 heteroatoms. The number of carbonyl (C=O) groups is 1. The molecule has 0 fully saturated rings. The first-order chi connectivity index (χ1) is 8.22. The summed E-state index contributed by atoms with van der Waals surface area (Å²) in [5.41, 5.74) is 0. The van der Waals surface area contributed by atoms with E-state index in [-0.39, 0.29) is 19.0 Å². The third kappa shape index (κ3) is 7.33. The summed E-state index contributed by atoms with van der Waals surface area (Å²) in [6.45, 7) is 3.25. The second kappa shape index (κ2) is 9.95. The minimum atomic E-state index is -0.799. The average Bonchev–Trinajstić information content (AvgIpc) is 2.70. The summed E-state index contributed by atoms with van der Waals surface area (Å²) < 4.78 is 3.75. The molecule has 4 nitrogen and oxygen atoms in total. The fourth-order valence-electron chi connectivity index (χ4n) is 1.90. The van der Waals surface area contributed by atoms with Crippen LogP contribution in [0.4, 0.5) is 0 Å². The van der Waals surface area contributed by atoms with Gasteiger partial charge in [0.05, 0.1) is 6.54 Å². The molecule has 1 heterocycles. The summed E-state index contributed by atoms with van der Waals surface area (Å²) in [5, 5.41) is 8.64. The van der Waals surface area contributed by atoms with E-state index >= 15 is 0 Å². The van der Waals surface area contributed by atoms with Crippen LogP contribution in [0.3, 0.4) is 0 Å². The van der Waals surface area contributed by atoms with E-state index in [0.717, 1.165) is 6.54 Å². The first-order valence-corrected chi connectivity index (χ1v) is 6.49. The molecule has 18 heavy (non-hydrogen) atoms. The number of carboxylic acids is 1. The molecule has 104 valence electrons. The van der Waals surface area contributed by atoms with Crippen LogP contribution in [0.1, 0.15) is 45.4 Å². The van der Waals surface area contributed by atoms with E-state index in [0.29, 0.717) is 0 Å². The molecular formula is C13H23ClN2O2. The van der Waals surface area contributed by atoms with Crippen molar-refractivity contribution in [2.24, 2.45) is 0 Å². The Kier molecular flexibility index (Phi) is 9.38. The largest absolute Gasteiger partial charge is 1.00 e. The van der Waals surface area contributed by atoms with Crippen LogP contribution in [-0.2, 0) is 17.9 Å². The Labute approximate surface area is 115 Å². The first-order valence-electron chi connectivity index (χ1n) is 6.49. The summed E-state index contributed by atoms with van der Waals surface area (Å²) in [5.74, 6) is -0.799. The molecule has 1 rings (SSSR count). The van der Waals surface area contributed by atoms with Gasteiger partial charge in [-0.15, -0.1) is 0 Å². The number of imidazole rings is 1. The first kappa shape index (κ1) is 17.0. The van der Waals surface area contributed by atoms with E-state index in [1.165, 1.54) is 38.5 Å². The Balaban J connectivity index is 0.00000289. The molecule has 0 saturated heterocycles. The number of nitrogens with zero attached hydrogens (tertiary/aromatic N) is 2. The second-order valence-corrected chi connectivity index (χ2v) is 4.49. The van der Waals surface area contributed by atoms with E-state index in [1.807, 2.05) is 18.7 Å². The van der Waals surface area contributed by atoms with Crippen molar-refractivity contribution in [2.75, 3.05) is 0 Å². The number of carboxylic acid groups (broad SMARTS) is 1. The van der Waals surface area contributed by atoms with Crippen LogP contribution < -0.4 is 17.0 Å². The monoisotopic (exact) mass is 274 g/mol. The van der Waals surface area contributed by atoms with Crippen LogP contribution in [0.5, 0.6) is 0 Å². The van der Waals surface area contributed by atoms with Crippen LogP contribution >= 0.6 is 0 Å². The minimum Gasteiger partial charge on any atom is -1.00 e. The summed E-state index contributed by atoms with van der Waals surface area (Å²) in [4.78, 5) is 10.5. The van der Waals surface area contributed by atoms with Gasteiger partial charge in [-0.2, -0.15) is 0 Å². The number of halogens is 1. The predicted molar refractivity (Wildman–Crippen MR) is 65.6 cm³/mol. The van der Waals surface area contributed by atoms with Crippen LogP contribution in [-0.4, -0.2) is 15.6 Å². The molecular weight excluding hydrogens is 252 g/mol. The van der Waals surface area contributed by atoms with Gasteiger partial charge < -0.3 is 17.5 Å². The quantitative estimate of drug-likeness (QED) is 0.475. The lowest BCUT2D eigenvalue weighted by Crippen LogP contribution is -3.00. The molecule has 0 bridgehead atoms. The van der Waals surface area contributed by atoms with Crippen molar-refractivity contribution in [1.82, 2.24) is 4.57 Å². The molecule has 0 aromatic carbocycles. The van der Waals surface area contributed by atoms with Gasteiger partial charge in [-0.25, -0.2) is 13.9 Å². The van der Waals surface area contributed by atoms with Crippen LogP contribution in [0.25, 0.3) is 0 Å². The lowest BCUT2D eigenvalue weighted by molar-refractivity contribution is -0.685. The molecule has 0 atom stereocenters. The number of unbranched alkanes of at least 4 members (excludes halogenated alkanes) is 5. The van der Waals surface area contributed by atoms with Crippen molar-refractivity contribution in [3.05, 3.63) is 18.7 Å². The number of aromatic nitrogens is 2. The van der Waals surface area contributed by atoms with Crippen molar-refractivity contribution >= 4 is 5.97 Å². The van der Waals surface area contributed by atoms with Crippen LogP contribution in [0.2, 0.25) is 0 Å². The van der Waals surface area contributed by atoms with Gasteiger partial charge in [-0.3, -0.25) is 0 Å². The highest BCUT2D eigenvalue weighted by molar-refractivity contribution is 5.64. The van der Waals surface area contributed by atoms with E-state index in [1.54, 1.807) is 4.57 Å². The second-order valence-electron chi connectivity index (χ2n) is 4.49. The Morgan fingerprint density at radius 3 is 2.56 bits per heavy atom. The Hall–Kier alpha value is -1.03. The molecule has 0 spiro atoms. The zero-order valence-electron chi connectivity index (χ0n) is 11.0. The SMILES string of the molecule is CCCCCCCCn1cc[n+](CC(=O)O)c1.[Cl-]. The maximum atomic E-state index is 10.5. The molecule has 1 aromatic heterocycles. The minimum absolute atomic E-state index is 0. The lowest BCUT2D eigenvalue weighted by atomic mass is 10.1.